The highest BCUT2D eigenvalue weighted by molar-refractivity contribution is 5.92. The third-order valence-electron chi connectivity index (χ3n) is 2.49. The lowest BCUT2D eigenvalue weighted by Gasteiger charge is -2.13. The molecule has 0 saturated carbocycles. The van der Waals surface area contributed by atoms with Gasteiger partial charge in [0.05, 0.1) is 11.4 Å². The third kappa shape index (κ3) is 4.13. The molecule has 1 rings (SSSR count). The average Bonchev–Trinajstić information content (AvgIpc) is 2.68. The van der Waals surface area contributed by atoms with Crippen LogP contribution in [0.15, 0.2) is 18.9 Å². The maximum absolute atomic E-state index is 11.7. The molecule has 0 aliphatic carbocycles. The maximum Gasteiger partial charge on any atom is 0.326 e. The fraction of sp³-hybridized carbons (Fsp3) is 0.417. The largest absolute Gasteiger partial charge is 0.480 e. The Morgan fingerprint density at radius 1 is 1.63 bits per heavy atom. The predicted molar refractivity (Wildman–Crippen MR) is 71.0 cm³/mol. The van der Waals surface area contributed by atoms with E-state index in [1.165, 1.54) is 6.08 Å². The number of nitrogens with zero attached hydrogens (tertiary/aromatic N) is 2. The smallest absolute Gasteiger partial charge is 0.326 e. The zero-order chi connectivity index (χ0) is 14.4. The molecule has 2 amide bonds. The van der Waals surface area contributed by atoms with E-state index < -0.39 is 18.0 Å². The van der Waals surface area contributed by atoms with Crippen LogP contribution in [0.2, 0.25) is 0 Å². The fourth-order valence-corrected chi connectivity index (χ4v) is 1.60. The Kier molecular flexibility index (Phi) is 5.11. The number of amides is 2. The van der Waals surface area contributed by atoms with Crippen molar-refractivity contribution >= 4 is 17.7 Å². The topological polar surface area (TPSA) is 96.3 Å². The van der Waals surface area contributed by atoms with E-state index in [1.807, 2.05) is 6.92 Å². The molecule has 0 aromatic carbocycles. The molecule has 7 nitrogen and oxygen atoms in total. The number of aromatic nitrogens is 2. The van der Waals surface area contributed by atoms with Crippen LogP contribution in [0, 0.1) is 0 Å². The van der Waals surface area contributed by atoms with Crippen molar-refractivity contribution in [1.82, 2.24) is 15.1 Å². The van der Waals surface area contributed by atoms with E-state index in [1.54, 1.807) is 17.9 Å². The summed E-state index contributed by atoms with van der Waals surface area (Å²) in [6.07, 6.45) is 3.95. The number of aliphatic carboxylic acids is 1. The molecule has 0 fully saturated rings. The molecule has 104 valence electrons. The van der Waals surface area contributed by atoms with E-state index >= 15 is 0 Å². The summed E-state index contributed by atoms with van der Waals surface area (Å²) >= 11 is 0. The number of hydrogen-bond donors (Lipinski definition) is 3. The Balaban J connectivity index is 2.68. The molecule has 0 spiro atoms. The van der Waals surface area contributed by atoms with Gasteiger partial charge >= 0.3 is 12.0 Å². The van der Waals surface area contributed by atoms with Gasteiger partial charge in [0.15, 0.2) is 0 Å². The molecule has 19 heavy (non-hydrogen) atoms. The molecule has 1 aromatic heterocycles. The second-order valence-corrected chi connectivity index (χ2v) is 4.03. The van der Waals surface area contributed by atoms with Crippen LogP contribution in [0.4, 0.5) is 10.5 Å². The van der Waals surface area contributed by atoms with E-state index in [-0.39, 0.29) is 6.42 Å². The summed E-state index contributed by atoms with van der Waals surface area (Å²) < 4.78 is 1.59. The summed E-state index contributed by atoms with van der Waals surface area (Å²) in [6, 6.07) is -1.56. The molecule has 0 saturated heterocycles. The molecule has 1 aromatic rings. The van der Waals surface area contributed by atoms with Crippen molar-refractivity contribution in [2.45, 2.75) is 25.8 Å². The number of carboxylic acids is 1. The molecule has 0 bridgehead atoms. The van der Waals surface area contributed by atoms with Crippen molar-refractivity contribution in [2.24, 2.45) is 7.05 Å². The van der Waals surface area contributed by atoms with Gasteiger partial charge in [-0.2, -0.15) is 5.10 Å². The SMILES string of the molecule is C=CCC(NC(=O)Nc1cn(C)nc1CC)C(=O)O. The standard InChI is InChI=1S/C12H18N4O3/c1-4-6-9(11(17)18)13-12(19)14-10-7-16(3)15-8(10)5-2/h4,7,9H,1,5-6H2,2-3H3,(H,17,18)(H2,13,14,19). The van der Waals surface area contributed by atoms with Crippen molar-refractivity contribution in [3.8, 4) is 0 Å². The molecule has 1 atom stereocenters. The Bertz CT molecular complexity index is 481. The number of aryl methyl sites for hydroxylation is 2. The van der Waals surface area contributed by atoms with Crippen LogP contribution in [0.5, 0.6) is 0 Å². The van der Waals surface area contributed by atoms with Crippen LogP contribution in [0.3, 0.4) is 0 Å². The normalized spacial score (nSPS) is 11.7. The van der Waals surface area contributed by atoms with Gasteiger partial charge in [0.25, 0.3) is 0 Å². The van der Waals surface area contributed by atoms with Gasteiger partial charge in [0.2, 0.25) is 0 Å². The lowest BCUT2D eigenvalue weighted by atomic mass is 10.2. The Morgan fingerprint density at radius 3 is 2.84 bits per heavy atom. The molecular formula is C12H18N4O3. The quantitative estimate of drug-likeness (QED) is 0.672. The fourth-order valence-electron chi connectivity index (χ4n) is 1.60. The van der Waals surface area contributed by atoms with E-state index in [2.05, 4.69) is 22.3 Å². The van der Waals surface area contributed by atoms with Crippen molar-refractivity contribution < 1.29 is 14.7 Å². The first-order valence-electron chi connectivity index (χ1n) is 5.91. The van der Waals surface area contributed by atoms with Gasteiger partial charge in [-0.25, -0.2) is 9.59 Å². The van der Waals surface area contributed by atoms with Crippen molar-refractivity contribution in [2.75, 3.05) is 5.32 Å². The average molecular weight is 266 g/mol. The second-order valence-electron chi connectivity index (χ2n) is 4.03. The summed E-state index contributed by atoms with van der Waals surface area (Å²) in [5.74, 6) is -1.10. The van der Waals surface area contributed by atoms with Gasteiger partial charge in [0, 0.05) is 13.2 Å². The summed E-state index contributed by atoms with van der Waals surface area (Å²) in [5.41, 5.74) is 1.32. The number of carbonyl (C=O) groups excluding carboxylic acids is 1. The van der Waals surface area contributed by atoms with Crippen LogP contribution in [0.1, 0.15) is 19.0 Å². The monoisotopic (exact) mass is 266 g/mol. The van der Waals surface area contributed by atoms with Crippen LogP contribution in [-0.4, -0.2) is 32.9 Å². The molecule has 1 heterocycles. The highest BCUT2D eigenvalue weighted by atomic mass is 16.4. The number of hydrogen-bond acceptors (Lipinski definition) is 3. The lowest BCUT2D eigenvalue weighted by molar-refractivity contribution is -0.139. The predicted octanol–water partition coefficient (Wildman–Crippen LogP) is 1.13. The number of anilines is 1. The number of carbonyl (C=O) groups is 2. The Hall–Kier alpha value is -2.31. The van der Waals surface area contributed by atoms with Gasteiger partial charge in [-0.05, 0) is 12.8 Å². The van der Waals surface area contributed by atoms with Crippen LogP contribution in [-0.2, 0) is 18.3 Å². The minimum absolute atomic E-state index is 0.163. The zero-order valence-electron chi connectivity index (χ0n) is 11.0. The van der Waals surface area contributed by atoms with E-state index in [4.69, 9.17) is 5.11 Å². The number of rotatable bonds is 6. The van der Waals surface area contributed by atoms with Gasteiger partial charge < -0.3 is 15.7 Å². The van der Waals surface area contributed by atoms with Crippen molar-refractivity contribution in [3.05, 3.63) is 24.5 Å². The minimum atomic E-state index is -1.10. The van der Waals surface area contributed by atoms with E-state index in [0.717, 1.165) is 5.69 Å². The molecule has 7 heteroatoms. The molecule has 3 N–H and O–H groups in total. The highest BCUT2D eigenvalue weighted by Gasteiger charge is 2.19. The first-order valence-corrected chi connectivity index (χ1v) is 5.91. The number of carboxylic acid groups (broad SMARTS) is 1. The number of nitrogens with one attached hydrogen (secondary N) is 2. The van der Waals surface area contributed by atoms with Gasteiger partial charge in [-0.1, -0.05) is 13.0 Å². The van der Waals surface area contributed by atoms with E-state index in [0.29, 0.717) is 12.1 Å². The first-order chi connectivity index (χ1) is 8.97. The molecule has 0 aliphatic heterocycles. The summed E-state index contributed by atoms with van der Waals surface area (Å²) in [7, 11) is 1.75. The summed E-state index contributed by atoms with van der Waals surface area (Å²) in [5, 5.41) is 18.1. The van der Waals surface area contributed by atoms with Gasteiger partial charge in [-0.15, -0.1) is 6.58 Å². The zero-order valence-corrected chi connectivity index (χ0v) is 11.0. The Labute approximate surface area is 111 Å². The molecule has 0 radical (unpaired) electrons. The highest BCUT2D eigenvalue weighted by Crippen LogP contribution is 2.13. The molecule has 1 unspecified atom stereocenters. The Morgan fingerprint density at radius 2 is 2.32 bits per heavy atom. The number of urea groups is 1. The molecular weight excluding hydrogens is 248 g/mol. The third-order valence-corrected chi connectivity index (χ3v) is 2.49. The van der Waals surface area contributed by atoms with E-state index in [9.17, 15) is 9.59 Å². The van der Waals surface area contributed by atoms with Gasteiger partial charge in [0.1, 0.15) is 6.04 Å². The molecule has 0 aliphatic rings. The second kappa shape index (κ2) is 6.58. The maximum atomic E-state index is 11.7. The van der Waals surface area contributed by atoms with Gasteiger partial charge in [-0.3, -0.25) is 4.68 Å². The van der Waals surface area contributed by atoms with Crippen LogP contribution < -0.4 is 10.6 Å². The lowest BCUT2D eigenvalue weighted by Crippen LogP contribution is -2.42. The van der Waals surface area contributed by atoms with Crippen molar-refractivity contribution in [1.29, 1.82) is 0 Å². The van der Waals surface area contributed by atoms with Crippen LogP contribution in [0.25, 0.3) is 0 Å². The van der Waals surface area contributed by atoms with Crippen molar-refractivity contribution in [3.63, 3.8) is 0 Å². The van der Waals surface area contributed by atoms with Crippen LogP contribution >= 0.6 is 0 Å². The summed E-state index contributed by atoms with van der Waals surface area (Å²) in [6.45, 7) is 5.38. The summed E-state index contributed by atoms with van der Waals surface area (Å²) in [4.78, 5) is 22.6. The minimum Gasteiger partial charge on any atom is -0.480 e. The first kappa shape index (κ1) is 14.7.